The monoisotopic (exact) mass is 288 g/mol. The molecule has 0 aromatic carbocycles. The van der Waals surface area contributed by atoms with Gasteiger partial charge in [-0.3, -0.25) is 4.90 Å². The molecule has 21 heavy (non-hydrogen) atoms. The van der Waals surface area contributed by atoms with E-state index in [0.29, 0.717) is 6.04 Å². The predicted molar refractivity (Wildman–Crippen MR) is 87.6 cm³/mol. The Bertz CT molecular complexity index is 454. The maximum Gasteiger partial charge on any atom is 0.125 e. The molecule has 0 aliphatic carbocycles. The molecule has 0 spiro atoms. The zero-order valence-electron chi connectivity index (χ0n) is 13.4. The summed E-state index contributed by atoms with van der Waals surface area (Å²) in [6.07, 6.45) is 7.22. The second-order valence-corrected chi connectivity index (χ2v) is 6.29. The molecule has 2 saturated heterocycles. The van der Waals surface area contributed by atoms with Gasteiger partial charge in [0.1, 0.15) is 5.82 Å². The quantitative estimate of drug-likeness (QED) is 0.923. The van der Waals surface area contributed by atoms with Crippen molar-refractivity contribution >= 4 is 5.82 Å². The first kappa shape index (κ1) is 14.8. The van der Waals surface area contributed by atoms with Crippen molar-refractivity contribution in [3.63, 3.8) is 0 Å². The van der Waals surface area contributed by atoms with Gasteiger partial charge in [0.15, 0.2) is 0 Å². The van der Waals surface area contributed by atoms with E-state index < -0.39 is 0 Å². The lowest BCUT2D eigenvalue weighted by molar-refractivity contribution is 0.101. The van der Waals surface area contributed by atoms with Gasteiger partial charge in [-0.1, -0.05) is 6.92 Å². The first-order chi connectivity index (χ1) is 10.3. The number of hydrogen-bond acceptors (Lipinski definition) is 4. The fourth-order valence-electron chi connectivity index (χ4n) is 3.94. The Labute approximate surface area is 128 Å². The summed E-state index contributed by atoms with van der Waals surface area (Å²) >= 11 is 0. The van der Waals surface area contributed by atoms with Crippen molar-refractivity contribution in [3.05, 3.63) is 23.9 Å². The van der Waals surface area contributed by atoms with Crippen LogP contribution >= 0.6 is 0 Å². The van der Waals surface area contributed by atoms with E-state index in [1.54, 1.807) is 0 Å². The van der Waals surface area contributed by atoms with Gasteiger partial charge in [0.25, 0.3) is 0 Å². The van der Waals surface area contributed by atoms with E-state index in [0.717, 1.165) is 11.9 Å². The van der Waals surface area contributed by atoms with Crippen LogP contribution in [0.1, 0.15) is 44.2 Å². The van der Waals surface area contributed by atoms with Crippen LogP contribution in [0, 0.1) is 0 Å². The highest BCUT2D eigenvalue weighted by Gasteiger charge is 2.33. The van der Waals surface area contributed by atoms with E-state index in [4.69, 9.17) is 0 Å². The lowest BCUT2D eigenvalue weighted by Gasteiger charge is -2.39. The maximum absolute atomic E-state index is 4.35. The Balaban J connectivity index is 1.70. The van der Waals surface area contributed by atoms with E-state index in [-0.39, 0.29) is 0 Å². The number of aromatic nitrogens is 1. The molecule has 1 unspecified atom stereocenters. The molecule has 3 rings (SSSR count). The van der Waals surface area contributed by atoms with E-state index in [1.165, 1.54) is 57.4 Å². The number of likely N-dealkylation sites (tertiary alicyclic amines) is 2. The molecule has 4 heteroatoms. The van der Waals surface area contributed by atoms with Crippen LogP contribution in [0.5, 0.6) is 0 Å². The van der Waals surface area contributed by atoms with Crippen LogP contribution in [0.3, 0.4) is 0 Å². The van der Waals surface area contributed by atoms with Gasteiger partial charge in [-0.05, 0) is 69.6 Å². The molecular formula is C17H28N4. The van der Waals surface area contributed by atoms with Crippen molar-refractivity contribution in [3.8, 4) is 0 Å². The number of nitrogens with zero attached hydrogens (tertiary/aromatic N) is 3. The third-order valence-corrected chi connectivity index (χ3v) is 5.19. The minimum absolute atomic E-state index is 0.596. The Hall–Kier alpha value is -1.13. The number of hydrogen-bond donors (Lipinski definition) is 1. The summed E-state index contributed by atoms with van der Waals surface area (Å²) < 4.78 is 0. The van der Waals surface area contributed by atoms with Gasteiger partial charge in [-0.2, -0.15) is 0 Å². The first-order valence-corrected chi connectivity index (χ1v) is 8.43. The molecular weight excluding hydrogens is 260 g/mol. The first-order valence-electron chi connectivity index (χ1n) is 8.43. The second kappa shape index (κ2) is 6.75. The van der Waals surface area contributed by atoms with Gasteiger partial charge < -0.3 is 10.2 Å². The molecule has 0 saturated carbocycles. The van der Waals surface area contributed by atoms with E-state index in [9.17, 15) is 0 Å². The molecule has 1 atom stereocenters. The van der Waals surface area contributed by atoms with Crippen LogP contribution in [0.4, 0.5) is 5.82 Å². The topological polar surface area (TPSA) is 31.4 Å². The number of rotatable bonds is 4. The SMILES string of the molecule is CCN1CCC(N2CCCC2c2ccnc(NC)c2)CC1. The average Bonchev–Trinajstić information content (AvgIpc) is 3.04. The van der Waals surface area contributed by atoms with Gasteiger partial charge in [0.05, 0.1) is 0 Å². The number of anilines is 1. The van der Waals surface area contributed by atoms with E-state index in [2.05, 4.69) is 39.2 Å². The smallest absolute Gasteiger partial charge is 0.125 e. The molecule has 3 heterocycles. The van der Waals surface area contributed by atoms with Crippen LogP contribution in [0.15, 0.2) is 18.3 Å². The fourth-order valence-corrected chi connectivity index (χ4v) is 3.94. The summed E-state index contributed by atoms with van der Waals surface area (Å²) in [7, 11) is 1.94. The molecule has 4 nitrogen and oxygen atoms in total. The largest absolute Gasteiger partial charge is 0.373 e. The normalized spacial score (nSPS) is 25.3. The fraction of sp³-hybridized carbons (Fsp3) is 0.706. The zero-order chi connectivity index (χ0) is 14.7. The van der Waals surface area contributed by atoms with Gasteiger partial charge >= 0.3 is 0 Å². The molecule has 0 radical (unpaired) electrons. The van der Waals surface area contributed by atoms with E-state index in [1.807, 2.05) is 13.2 Å². The highest BCUT2D eigenvalue weighted by atomic mass is 15.2. The molecule has 1 aromatic heterocycles. The van der Waals surface area contributed by atoms with Crippen molar-refractivity contribution in [2.45, 2.75) is 44.7 Å². The zero-order valence-corrected chi connectivity index (χ0v) is 13.4. The molecule has 2 aliphatic heterocycles. The van der Waals surface area contributed by atoms with Gasteiger partial charge in [-0.25, -0.2) is 4.98 Å². The lowest BCUT2D eigenvalue weighted by atomic mass is 9.99. The van der Waals surface area contributed by atoms with Crippen molar-refractivity contribution in [2.75, 3.05) is 38.5 Å². The van der Waals surface area contributed by atoms with Crippen molar-refractivity contribution in [1.29, 1.82) is 0 Å². The number of nitrogens with one attached hydrogen (secondary N) is 1. The summed E-state index contributed by atoms with van der Waals surface area (Å²) in [5.74, 6) is 0.986. The minimum Gasteiger partial charge on any atom is -0.373 e. The van der Waals surface area contributed by atoms with Crippen molar-refractivity contribution in [1.82, 2.24) is 14.8 Å². The Morgan fingerprint density at radius 1 is 1.24 bits per heavy atom. The predicted octanol–water partition coefficient (Wildman–Crippen LogP) is 2.74. The molecule has 116 valence electrons. The summed E-state index contributed by atoms with van der Waals surface area (Å²) in [4.78, 5) is 9.69. The van der Waals surface area contributed by atoms with Gasteiger partial charge in [0, 0.05) is 25.3 Å². The molecule has 2 fully saturated rings. The van der Waals surface area contributed by atoms with E-state index >= 15 is 0 Å². The molecule has 0 amide bonds. The van der Waals surface area contributed by atoms with Gasteiger partial charge in [-0.15, -0.1) is 0 Å². The Morgan fingerprint density at radius 3 is 2.76 bits per heavy atom. The third kappa shape index (κ3) is 3.22. The lowest BCUT2D eigenvalue weighted by Crippen LogP contribution is -2.44. The highest BCUT2D eigenvalue weighted by molar-refractivity contribution is 5.38. The summed E-state index contributed by atoms with van der Waals surface area (Å²) in [6, 6.07) is 5.79. The maximum atomic E-state index is 4.35. The standard InChI is InChI=1S/C17H28N4/c1-3-20-11-7-15(8-12-20)21-10-4-5-16(21)14-6-9-19-17(13-14)18-2/h6,9,13,15-16H,3-5,7-8,10-12H2,1-2H3,(H,18,19). The molecule has 0 bridgehead atoms. The number of pyridine rings is 1. The van der Waals surface area contributed by atoms with Crippen LogP contribution in [0.25, 0.3) is 0 Å². The molecule has 1 aromatic rings. The van der Waals surface area contributed by atoms with Crippen LogP contribution in [-0.2, 0) is 0 Å². The average molecular weight is 288 g/mol. The Kier molecular flexibility index (Phi) is 4.76. The third-order valence-electron chi connectivity index (χ3n) is 5.19. The van der Waals surface area contributed by atoms with Crippen LogP contribution in [0.2, 0.25) is 0 Å². The second-order valence-electron chi connectivity index (χ2n) is 6.29. The van der Waals surface area contributed by atoms with Gasteiger partial charge in [0.2, 0.25) is 0 Å². The van der Waals surface area contributed by atoms with Crippen molar-refractivity contribution in [2.24, 2.45) is 0 Å². The number of piperidine rings is 1. The Morgan fingerprint density at radius 2 is 2.05 bits per heavy atom. The highest BCUT2D eigenvalue weighted by Crippen LogP contribution is 2.36. The summed E-state index contributed by atoms with van der Waals surface area (Å²) in [5, 5.41) is 3.16. The summed E-state index contributed by atoms with van der Waals surface area (Å²) in [5.41, 5.74) is 1.43. The minimum atomic E-state index is 0.596. The summed E-state index contributed by atoms with van der Waals surface area (Å²) in [6.45, 7) is 7.27. The van der Waals surface area contributed by atoms with Crippen molar-refractivity contribution < 1.29 is 0 Å². The molecule has 2 aliphatic rings. The van der Waals surface area contributed by atoms with Crippen LogP contribution < -0.4 is 5.32 Å². The molecule has 1 N–H and O–H groups in total. The van der Waals surface area contributed by atoms with Crippen LogP contribution in [-0.4, -0.2) is 54.1 Å².